The molecule has 0 unspecified atom stereocenters. The van der Waals surface area contributed by atoms with Crippen molar-refractivity contribution in [3.63, 3.8) is 0 Å². The van der Waals surface area contributed by atoms with E-state index in [1.54, 1.807) is 19.1 Å². The molecule has 0 fully saturated rings. The van der Waals surface area contributed by atoms with Gasteiger partial charge in [-0.3, -0.25) is 14.9 Å². The molecule has 1 aromatic carbocycles. The van der Waals surface area contributed by atoms with Crippen LogP contribution in [-0.4, -0.2) is 31.5 Å². The number of hydrogen-bond acceptors (Lipinski definition) is 7. The van der Waals surface area contributed by atoms with E-state index in [9.17, 15) is 18.0 Å². The highest BCUT2D eigenvalue weighted by Gasteiger charge is 2.20. The number of rotatable bonds is 4. The van der Waals surface area contributed by atoms with E-state index in [4.69, 9.17) is 4.74 Å². The van der Waals surface area contributed by atoms with Crippen molar-refractivity contribution < 1.29 is 22.7 Å². The van der Waals surface area contributed by atoms with E-state index in [1.165, 1.54) is 12.3 Å². The van der Waals surface area contributed by atoms with Crippen molar-refractivity contribution in [3.05, 3.63) is 32.2 Å². The molecule has 128 valence electrons. The van der Waals surface area contributed by atoms with Crippen LogP contribution in [0, 0.1) is 10.5 Å². The lowest BCUT2D eigenvalue weighted by Gasteiger charge is -2.12. The molecule has 0 aliphatic heterocycles. The zero-order valence-electron chi connectivity index (χ0n) is 12.9. The Morgan fingerprint density at radius 3 is 2.54 bits per heavy atom. The van der Waals surface area contributed by atoms with Gasteiger partial charge in [0, 0.05) is 22.1 Å². The molecule has 1 N–H and O–H groups in total. The van der Waals surface area contributed by atoms with Crippen molar-refractivity contribution >= 4 is 60.8 Å². The Labute approximate surface area is 156 Å². The summed E-state index contributed by atoms with van der Waals surface area (Å²) in [5.41, 5.74) is 0.809. The van der Waals surface area contributed by atoms with E-state index in [1.807, 2.05) is 22.6 Å². The van der Waals surface area contributed by atoms with E-state index < -0.39 is 21.7 Å². The van der Waals surface area contributed by atoms with Crippen molar-refractivity contribution in [1.82, 2.24) is 4.98 Å². The maximum absolute atomic E-state index is 12.5. The summed E-state index contributed by atoms with van der Waals surface area (Å²) in [6.45, 7) is 2.97. The van der Waals surface area contributed by atoms with Gasteiger partial charge in [0.05, 0.1) is 5.56 Å². The van der Waals surface area contributed by atoms with Crippen molar-refractivity contribution in [2.24, 2.45) is 0 Å². The number of carbonyl (C=O) groups excluding carboxylic acids is 2. The first-order valence-electron chi connectivity index (χ1n) is 6.53. The smallest absolute Gasteiger partial charge is 0.308 e. The van der Waals surface area contributed by atoms with E-state index in [0.29, 0.717) is 5.56 Å². The number of sulfone groups is 1. The minimum Gasteiger partial charge on any atom is -0.426 e. The average molecular weight is 480 g/mol. The number of hydrogen-bond donors (Lipinski definition) is 1. The van der Waals surface area contributed by atoms with E-state index in [-0.39, 0.29) is 21.5 Å². The summed E-state index contributed by atoms with van der Waals surface area (Å²) in [6, 6.07) is 3.35. The van der Waals surface area contributed by atoms with Crippen molar-refractivity contribution in [2.45, 2.75) is 18.9 Å². The molecule has 2 rings (SSSR count). The average Bonchev–Trinajstić information content (AvgIpc) is 2.89. The minimum absolute atomic E-state index is 0.109. The Morgan fingerprint density at radius 2 is 2.00 bits per heavy atom. The lowest BCUT2D eigenvalue weighted by atomic mass is 10.1. The van der Waals surface area contributed by atoms with Crippen LogP contribution in [0.3, 0.4) is 0 Å². The van der Waals surface area contributed by atoms with Crippen molar-refractivity contribution in [2.75, 3.05) is 11.6 Å². The van der Waals surface area contributed by atoms with Crippen LogP contribution in [0.5, 0.6) is 5.75 Å². The lowest BCUT2D eigenvalue weighted by molar-refractivity contribution is -0.131. The summed E-state index contributed by atoms with van der Waals surface area (Å²) in [5.74, 6) is -0.912. The monoisotopic (exact) mass is 480 g/mol. The number of nitrogens with zero attached hydrogens (tertiary/aromatic N) is 1. The van der Waals surface area contributed by atoms with Crippen LogP contribution in [0.4, 0.5) is 5.13 Å². The maximum Gasteiger partial charge on any atom is 0.308 e. The number of aryl methyl sites for hydroxylation is 1. The van der Waals surface area contributed by atoms with Gasteiger partial charge in [-0.1, -0.05) is 0 Å². The number of ether oxygens (including phenoxy) is 1. The highest BCUT2D eigenvalue weighted by molar-refractivity contribution is 14.1. The second-order valence-corrected chi connectivity index (χ2v) is 8.98. The molecule has 0 aliphatic carbocycles. The van der Waals surface area contributed by atoms with E-state index >= 15 is 0 Å². The summed E-state index contributed by atoms with van der Waals surface area (Å²) >= 11 is 3.04. The zero-order chi connectivity index (χ0) is 18.1. The third-order valence-electron chi connectivity index (χ3n) is 2.81. The Bertz CT molecular complexity index is 921. The van der Waals surface area contributed by atoms with E-state index in [2.05, 4.69) is 10.3 Å². The second-order valence-electron chi connectivity index (χ2n) is 4.91. The number of thiazole rings is 1. The van der Waals surface area contributed by atoms with Crippen LogP contribution in [0.2, 0.25) is 0 Å². The first-order chi connectivity index (χ1) is 11.1. The lowest BCUT2D eigenvalue weighted by Crippen LogP contribution is -2.16. The Balaban J connectivity index is 2.36. The molecule has 0 radical (unpaired) electrons. The van der Waals surface area contributed by atoms with E-state index in [0.717, 1.165) is 21.2 Å². The fourth-order valence-electron chi connectivity index (χ4n) is 1.83. The number of anilines is 1. The van der Waals surface area contributed by atoms with Crippen LogP contribution < -0.4 is 10.1 Å². The Kier molecular flexibility index (Phi) is 5.60. The molecular weight excluding hydrogens is 467 g/mol. The van der Waals surface area contributed by atoms with Gasteiger partial charge in [-0.15, -0.1) is 11.3 Å². The SMILES string of the molecule is CC(=O)Oc1c(C)cc(I)cc1C(=O)Nc1nc(S(C)(=O)=O)cs1. The molecular formula is C14H13IN2O5S2. The van der Waals surface area contributed by atoms with Crippen molar-refractivity contribution in [3.8, 4) is 5.75 Å². The van der Waals surface area contributed by atoms with Gasteiger partial charge in [0.1, 0.15) is 5.75 Å². The molecule has 0 spiro atoms. The highest BCUT2D eigenvalue weighted by atomic mass is 127. The van der Waals surface area contributed by atoms with Crippen LogP contribution in [0.1, 0.15) is 22.8 Å². The van der Waals surface area contributed by atoms with Gasteiger partial charge in [0.25, 0.3) is 5.91 Å². The predicted octanol–water partition coefficient (Wildman–Crippen LogP) is 2.64. The first kappa shape index (κ1) is 18.8. The fourth-order valence-corrected chi connectivity index (χ4v) is 4.33. The van der Waals surface area contributed by atoms with Crippen LogP contribution in [0.25, 0.3) is 0 Å². The maximum atomic E-state index is 12.5. The third kappa shape index (κ3) is 4.51. The largest absolute Gasteiger partial charge is 0.426 e. The van der Waals surface area contributed by atoms with Gasteiger partial charge in [0.15, 0.2) is 20.0 Å². The molecule has 1 aromatic heterocycles. The van der Waals surface area contributed by atoms with Crippen molar-refractivity contribution in [1.29, 1.82) is 0 Å². The van der Waals surface area contributed by atoms with Gasteiger partial charge in [-0.25, -0.2) is 13.4 Å². The number of halogens is 1. The zero-order valence-corrected chi connectivity index (χ0v) is 16.7. The van der Waals surface area contributed by atoms with Crippen LogP contribution in [0.15, 0.2) is 22.5 Å². The Morgan fingerprint density at radius 1 is 1.33 bits per heavy atom. The molecule has 0 saturated carbocycles. The molecule has 0 saturated heterocycles. The van der Waals surface area contributed by atoms with Gasteiger partial charge in [-0.05, 0) is 47.2 Å². The molecule has 7 nitrogen and oxygen atoms in total. The summed E-state index contributed by atoms with van der Waals surface area (Å²) in [4.78, 5) is 27.6. The molecule has 0 atom stereocenters. The molecule has 0 bridgehead atoms. The number of carbonyl (C=O) groups is 2. The van der Waals surface area contributed by atoms with Crippen LogP contribution in [-0.2, 0) is 14.6 Å². The number of benzene rings is 1. The molecule has 1 heterocycles. The molecule has 2 aromatic rings. The topological polar surface area (TPSA) is 102 Å². The molecule has 1 amide bonds. The fraction of sp³-hybridized carbons (Fsp3) is 0.214. The van der Waals surface area contributed by atoms with Gasteiger partial charge >= 0.3 is 5.97 Å². The summed E-state index contributed by atoms with van der Waals surface area (Å²) < 4.78 is 28.8. The normalized spacial score (nSPS) is 11.2. The first-order valence-corrected chi connectivity index (χ1v) is 10.4. The quantitative estimate of drug-likeness (QED) is 0.410. The molecule has 0 aliphatic rings. The summed E-state index contributed by atoms with van der Waals surface area (Å²) in [6.07, 6.45) is 1.04. The Hall–Kier alpha value is -1.53. The number of esters is 1. The predicted molar refractivity (Wildman–Crippen MR) is 98.4 cm³/mol. The van der Waals surface area contributed by atoms with Gasteiger partial charge in [-0.2, -0.15) is 0 Å². The van der Waals surface area contributed by atoms with Crippen LogP contribution >= 0.6 is 33.9 Å². The minimum atomic E-state index is -3.44. The number of aromatic nitrogens is 1. The number of amides is 1. The summed E-state index contributed by atoms with van der Waals surface area (Å²) in [5, 5.41) is 3.91. The number of nitrogens with one attached hydrogen (secondary N) is 1. The third-order valence-corrected chi connectivity index (χ3v) is 5.31. The molecule has 24 heavy (non-hydrogen) atoms. The molecule has 10 heteroatoms. The van der Waals surface area contributed by atoms with Gasteiger partial charge < -0.3 is 4.74 Å². The standard InChI is InChI=1S/C14H13IN2O5S2/c1-7-4-9(15)5-10(12(7)22-8(2)18)13(19)17-14-16-11(6-23-14)24(3,20)21/h4-6H,1-3H3,(H,16,17,19). The highest BCUT2D eigenvalue weighted by Crippen LogP contribution is 2.28. The summed E-state index contributed by atoms with van der Waals surface area (Å²) in [7, 11) is -3.44. The van der Waals surface area contributed by atoms with Gasteiger partial charge in [0.2, 0.25) is 0 Å². The second kappa shape index (κ2) is 7.15.